The van der Waals surface area contributed by atoms with E-state index in [1.54, 1.807) is 25.1 Å². The molecule has 0 amide bonds. The molecule has 0 spiro atoms. The van der Waals surface area contributed by atoms with Gasteiger partial charge >= 0.3 is 6.07 Å². The van der Waals surface area contributed by atoms with E-state index in [0.29, 0.717) is 11.4 Å². The van der Waals surface area contributed by atoms with Gasteiger partial charge in [-0.1, -0.05) is 5.26 Å². The molecular formula is C13H17N4O3S+. The molecule has 0 unspecified atom stereocenters. The molecule has 1 N–H and O–H groups in total. The fourth-order valence-corrected chi connectivity index (χ4v) is 3.07. The Bertz CT molecular complexity index is 735. The van der Waals surface area contributed by atoms with Crippen LogP contribution in [0.5, 0.6) is 0 Å². The van der Waals surface area contributed by atoms with Gasteiger partial charge in [0.05, 0.1) is 31.6 Å². The minimum atomic E-state index is -4.69. The van der Waals surface area contributed by atoms with Crippen LogP contribution in [0.1, 0.15) is 0 Å². The summed E-state index contributed by atoms with van der Waals surface area (Å²) < 4.78 is 34.8. The van der Waals surface area contributed by atoms with E-state index in [-0.39, 0.29) is 20.5 Å². The number of nitriles is 1. The van der Waals surface area contributed by atoms with Crippen LogP contribution < -0.4 is 5.26 Å². The van der Waals surface area contributed by atoms with Gasteiger partial charge in [0, 0.05) is 14.1 Å². The van der Waals surface area contributed by atoms with Crippen LogP contribution in [0.2, 0.25) is 0 Å². The molecule has 0 fully saturated rings. The van der Waals surface area contributed by atoms with Gasteiger partial charge in [-0.25, -0.2) is 8.42 Å². The Balaban J connectivity index is 3.68. The summed E-state index contributed by atoms with van der Waals surface area (Å²) in [7, 11) is 4.06. The van der Waals surface area contributed by atoms with Crippen LogP contribution in [-0.4, -0.2) is 57.6 Å². The lowest BCUT2D eigenvalue weighted by molar-refractivity contribution is -0.830. The van der Waals surface area contributed by atoms with Gasteiger partial charge in [0.1, 0.15) is 21.9 Å². The lowest BCUT2D eigenvalue weighted by atomic mass is 9.94. The molecule has 21 heavy (non-hydrogen) atoms. The van der Waals surface area contributed by atoms with Crippen molar-refractivity contribution in [3.8, 4) is 12.1 Å². The van der Waals surface area contributed by atoms with Gasteiger partial charge in [0.15, 0.2) is 11.3 Å². The molecule has 112 valence electrons. The van der Waals surface area contributed by atoms with E-state index in [4.69, 9.17) is 10.5 Å². The molecule has 0 aliphatic heterocycles. The maximum Gasteiger partial charge on any atom is 0.319 e. The van der Waals surface area contributed by atoms with E-state index >= 15 is 0 Å². The van der Waals surface area contributed by atoms with E-state index in [1.807, 2.05) is 27.2 Å². The fourth-order valence-electron chi connectivity index (χ4n) is 2.13. The van der Waals surface area contributed by atoms with Gasteiger partial charge in [0.25, 0.3) is 0 Å². The van der Waals surface area contributed by atoms with Gasteiger partial charge in [-0.15, -0.1) is 0 Å². The van der Waals surface area contributed by atoms with Gasteiger partial charge in [-0.05, 0) is 6.08 Å². The van der Waals surface area contributed by atoms with Crippen LogP contribution in [-0.2, 0) is 10.1 Å². The molecule has 0 bridgehead atoms. The van der Waals surface area contributed by atoms with Crippen molar-refractivity contribution < 1.29 is 22.7 Å². The van der Waals surface area contributed by atoms with Gasteiger partial charge < -0.3 is 9.45 Å². The molecule has 0 atom stereocenters. The average molecular weight is 309 g/mol. The molecule has 7 nitrogen and oxygen atoms in total. The lowest BCUT2D eigenvalue weighted by Gasteiger charge is -2.40. The van der Waals surface area contributed by atoms with Crippen LogP contribution in [0.25, 0.3) is 0 Å². The number of hydrogen-bond donors (Lipinski definition) is 1. The Hall–Kier alpha value is -2.13. The monoisotopic (exact) mass is 309 g/mol. The zero-order chi connectivity index (χ0) is 16.6. The van der Waals surface area contributed by atoms with Crippen molar-refractivity contribution in [2.75, 3.05) is 35.2 Å². The standard InChI is InChI=1S/C13H16N4O3S/c1-16(2)11-12(17(3,4)5)10(6-9(7-14)8-15)13(11)21(18,19)20/h6H,1-5H3/p+1. The third kappa shape index (κ3) is 3.14. The second kappa shape index (κ2) is 5.34. The Labute approximate surface area is 124 Å². The molecule has 0 aromatic heterocycles. The zero-order valence-electron chi connectivity index (χ0n) is 12.6. The molecule has 1 aliphatic rings. The van der Waals surface area contributed by atoms with Crippen molar-refractivity contribution in [2.24, 2.45) is 0 Å². The number of hydrogen-bond acceptors (Lipinski definition) is 5. The third-order valence-corrected chi connectivity index (χ3v) is 3.76. The lowest BCUT2D eigenvalue weighted by Crippen LogP contribution is -2.43. The number of allylic oxidation sites excluding steroid dienone is 2. The summed E-state index contributed by atoms with van der Waals surface area (Å²) >= 11 is 0. The predicted molar refractivity (Wildman–Crippen MR) is 74.0 cm³/mol. The summed E-state index contributed by atoms with van der Waals surface area (Å²) in [6.07, 6.45) is 1.21. The van der Waals surface area contributed by atoms with Crippen LogP contribution in [0.3, 0.4) is 0 Å². The molecule has 0 aromatic carbocycles. The maximum absolute atomic E-state index is 11.5. The summed E-state index contributed by atoms with van der Waals surface area (Å²) in [5.41, 5.74) is 0.954. The first kappa shape index (κ1) is 16.9. The molecule has 0 saturated heterocycles. The largest absolute Gasteiger partial charge is 0.744 e. The third-order valence-electron chi connectivity index (χ3n) is 2.85. The molecule has 1 rings (SSSR count). The van der Waals surface area contributed by atoms with Crippen molar-refractivity contribution in [1.29, 1.82) is 5.26 Å². The van der Waals surface area contributed by atoms with Crippen molar-refractivity contribution in [3.05, 3.63) is 33.5 Å². The summed E-state index contributed by atoms with van der Waals surface area (Å²) in [6.45, 7) is 0. The summed E-state index contributed by atoms with van der Waals surface area (Å²) in [4.78, 5) is 1.21. The highest BCUT2D eigenvalue weighted by Crippen LogP contribution is 2.43. The minimum Gasteiger partial charge on any atom is -0.744 e. The van der Waals surface area contributed by atoms with E-state index in [0.717, 1.165) is 0 Å². The van der Waals surface area contributed by atoms with E-state index in [9.17, 15) is 13.0 Å². The molecule has 0 aromatic rings. The summed E-state index contributed by atoms with van der Waals surface area (Å²) in [5, 5.41) is 15.9. The van der Waals surface area contributed by atoms with Crippen molar-refractivity contribution in [2.45, 2.75) is 0 Å². The molecule has 8 heteroatoms. The number of likely N-dealkylation sites (N-methyl/N-ethyl adjacent to an activating group) is 2. The zero-order valence-corrected chi connectivity index (χ0v) is 13.4. The van der Waals surface area contributed by atoms with Crippen LogP contribution in [0, 0.1) is 17.4 Å². The Kier molecular flexibility index (Phi) is 4.30. The molecule has 1 aliphatic carbocycles. The van der Waals surface area contributed by atoms with E-state index in [2.05, 4.69) is 0 Å². The highest BCUT2D eigenvalue weighted by Gasteiger charge is 2.42. The molecule has 0 heterocycles. The smallest absolute Gasteiger partial charge is 0.319 e. The highest BCUT2D eigenvalue weighted by molar-refractivity contribution is 7.90. The molecular weight excluding hydrogens is 292 g/mol. The van der Waals surface area contributed by atoms with Crippen molar-refractivity contribution in [3.63, 3.8) is 0 Å². The van der Waals surface area contributed by atoms with E-state index < -0.39 is 10.1 Å². The number of nitrogens with one attached hydrogen (secondary N) is 1. The van der Waals surface area contributed by atoms with Crippen LogP contribution in [0.15, 0.2) is 33.5 Å². The van der Waals surface area contributed by atoms with Gasteiger partial charge in [0.2, 0.25) is 0 Å². The predicted octanol–water partition coefficient (Wildman–Crippen LogP) is -1.50. The van der Waals surface area contributed by atoms with Gasteiger partial charge in [-0.3, -0.25) is 4.48 Å². The number of rotatable bonds is 4. The highest BCUT2D eigenvalue weighted by atomic mass is 32.2. The second-order valence-electron chi connectivity index (χ2n) is 5.60. The minimum absolute atomic E-state index is 0.144. The van der Waals surface area contributed by atoms with Gasteiger partial charge in [-0.2, -0.15) is 5.26 Å². The first-order chi connectivity index (χ1) is 9.45. The Morgan fingerprint density at radius 3 is 2.19 bits per heavy atom. The Morgan fingerprint density at radius 1 is 1.38 bits per heavy atom. The summed E-state index contributed by atoms with van der Waals surface area (Å²) in [6, 6.07) is 3.64. The quantitative estimate of drug-likeness (QED) is 0.386. The normalized spacial score (nSPS) is 16.3. The fraction of sp³-hybridized carbons (Fsp3) is 0.385. The second-order valence-corrected chi connectivity index (χ2v) is 6.91. The van der Waals surface area contributed by atoms with Crippen LogP contribution in [0.4, 0.5) is 0 Å². The Morgan fingerprint density at radius 2 is 1.90 bits per heavy atom. The first-order valence-electron chi connectivity index (χ1n) is 5.94. The average Bonchev–Trinajstić information content (AvgIpc) is 2.23. The SMILES string of the molecule is CN(C)C1=C([N+](C)(C)C)C(C=C(C#N)C#[NH+])=C1S(=O)(=O)[O-]. The topological polar surface area (TPSA) is 108 Å². The van der Waals surface area contributed by atoms with Crippen LogP contribution >= 0.6 is 0 Å². The first-order valence-corrected chi connectivity index (χ1v) is 7.35. The van der Waals surface area contributed by atoms with Crippen molar-refractivity contribution in [1.82, 2.24) is 4.90 Å². The molecule has 0 saturated carbocycles. The number of nitrogens with zero attached hydrogens (tertiary/aromatic N) is 3. The maximum atomic E-state index is 11.5. The van der Waals surface area contributed by atoms with E-state index in [1.165, 1.54) is 6.08 Å². The molecule has 0 radical (unpaired) electrons. The number of quaternary nitrogens is 1. The summed E-state index contributed by atoms with van der Waals surface area (Å²) in [5.74, 6) is 0. The van der Waals surface area contributed by atoms with Crippen molar-refractivity contribution >= 4 is 10.1 Å².